The van der Waals surface area contributed by atoms with Crippen LogP contribution in [0.3, 0.4) is 0 Å². The number of aryl methyl sites for hydroxylation is 1. The fourth-order valence-corrected chi connectivity index (χ4v) is 8.60. The molecule has 71 heavy (non-hydrogen) atoms. The largest absolute Gasteiger partial charge is 1.00 e. The van der Waals surface area contributed by atoms with Crippen molar-refractivity contribution in [3.8, 4) is 0 Å². The second-order valence-electron chi connectivity index (χ2n) is 17.3. The summed E-state index contributed by atoms with van der Waals surface area (Å²) in [7, 11) is 1.93. The van der Waals surface area contributed by atoms with Crippen molar-refractivity contribution in [2.45, 2.75) is 58.3 Å². The van der Waals surface area contributed by atoms with Crippen molar-refractivity contribution in [2.24, 2.45) is 0 Å². The Labute approximate surface area is 435 Å². The first-order chi connectivity index (χ1) is 34.0. The molecule has 0 bridgehead atoms. The Morgan fingerprint density at radius 2 is 1.10 bits per heavy atom. The Bertz CT molecular complexity index is 3100. The van der Waals surface area contributed by atoms with E-state index in [2.05, 4.69) is 10.6 Å². The maximum absolute atomic E-state index is 13.0. The minimum atomic E-state index is -1.09. The van der Waals surface area contributed by atoms with Crippen LogP contribution in [0.2, 0.25) is 0 Å². The smallest absolute Gasteiger partial charge is 1.00 e. The van der Waals surface area contributed by atoms with Crippen molar-refractivity contribution >= 4 is 102 Å². The molecule has 360 valence electrons. The molecule has 0 spiro atoms. The van der Waals surface area contributed by atoms with Gasteiger partial charge in [-0.2, -0.15) is 0 Å². The number of fused-ring (bicyclic) bond motifs is 4. The maximum atomic E-state index is 13.0. The summed E-state index contributed by atoms with van der Waals surface area (Å²) in [6, 6.07) is 42.6. The molecule has 14 nitrogen and oxygen atoms in total. The van der Waals surface area contributed by atoms with Crippen LogP contribution in [0.5, 0.6) is 0 Å². The SMILES string of the molecule is CCCOCN(CCCC(=O)OC(=O)CCCN(C)c1cc(CCCC(=O)O)cc(Nc2c3ccccc3nc3ccccc23)c1)c1cc(Nc2c3ccccc3nc3ccccc23)cc(C(=O)O)c1.[H-].[Na+]. The second-order valence-corrected chi connectivity index (χ2v) is 17.3. The predicted octanol–water partition coefficient (Wildman–Crippen LogP) is 8.76. The molecule has 0 fully saturated rings. The minimum Gasteiger partial charge on any atom is -1.00 e. The van der Waals surface area contributed by atoms with Gasteiger partial charge in [-0.05, 0) is 98.3 Å². The first-order valence-corrected chi connectivity index (χ1v) is 23.6. The van der Waals surface area contributed by atoms with Crippen LogP contribution in [-0.4, -0.2) is 77.5 Å². The number of benzene rings is 6. The number of esters is 2. The van der Waals surface area contributed by atoms with E-state index in [1.807, 2.05) is 145 Å². The molecule has 0 amide bonds. The number of aliphatic carboxylic acids is 1. The number of hydrogen-bond acceptors (Lipinski definition) is 12. The average Bonchev–Trinajstić information content (AvgIpc) is 3.35. The van der Waals surface area contributed by atoms with Gasteiger partial charge in [-0.3, -0.25) is 14.4 Å². The molecular formula is C56H57N6NaO8. The van der Waals surface area contributed by atoms with Gasteiger partial charge >= 0.3 is 53.4 Å². The number of carbonyl (C=O) groups is 4. The number of pyridine rings is 2. The van der Waals surface area contributed by atoms with Gasteiger partial charge in [-0.15, -0.1) is 0 Å². The number of aromatic nitrogens is 2. The minimum absolute atomic E-state index is 0. The third-order valence-electron chi connectivity index (χ3n) is 12.0. The molecule has 4 N–H and O–H groups in total. The van der Waals surface area contributed by atoms with E-state index < -0.39 is 23.9 Å². The summed E-state index contributed by atoms with van der Waals surface area (Å²) in [5.74, 6) is -3.21. The fraction of sp³-hybridized carbons (Fsp3) is 0.250. The molecule has 0 aliphatic heterocycles. The number of carbonyl (C=O) groups excluding carboxylic acids is 2. The number of rotatable bonds is 23. The van der Waals surface area contributed by atoms with Gasteiger partial charge in [0.05, 0.1) is 39.0 Å². The number of carboxylic acid groups (broad SMARTS) is 2. The number of para-hydroxylation sites is 4. The van der Waals surface area contributed by atoms with Crippen molar-refractivity contribution in [3.63, 3.8) is 0 Å². The standard InChI is InChI=1S/C56H56N6O8.Na.H/c1-3-29-69-36-62(42-33-38(56(67)68)32-40(35-42)58-55-45-18-6-10-22-49(45)60-50-23-11-7-19-46(50)55)28-14-26-53(66)70-52(65)25-13-27-61(2)41-31-37(15-12-24-51(63)64)30-39(34-41)57-54-43-16-4-8-20-47(43)59-48-21-9-5-17-44(48)54;;/h4-11,16-23,30-35H,3,12-15,24-29,36H2,1-2H3,(H,57,59)(H,58,60)(H,63,64)(H,67,68);;/q;+1;-1. The molecule has 0 atom stereocenters. The molecule has 0 saturated carbocycles. The first-order valence-electron chi connectivity index (χ1n) is 23.6. The van der Waals surface area contributed by atoms with E-state index in [-0.39, 0.29) is 62.5 Å². The first kappa shape index (κ1) is 51.7. The van der Waals surface area contributed by atoms with E-state index in [1.165, 1.54) is 0 Å². The molecule has 0 saturated heterocycles. The quantitative estimate of drug-likeness (QED) is 0.0119. The Morgan fingerprint density at radius 3 is 1.61 bits per heavy atom. The van der Waals surface area contributed by atoms with Crippen molar-refractivity contribution in [2.75, 3.05) is 53.9 Å². The van der Waals surface area contributed by atoms with Gasteiger partial charge in [0.25, 0.3) is 0 Å². The van der Waals surface area contributed by atoms with Crippen LogP contribution in [0.4, 0.5) is 34.1 Å². The van der Waals surface area contributed by atoms with Crippen LogP contribution in [0.25, 0.3) is 43.6 Å². The van der Waals surface area contributed by atoms with E-state index in [9.17, 15) is 29.4 Å². The van der Waals surface area contributed by atoms with Crippen LogP contribution in [0.15, 0.2) is 133 Å². The normalized spacial score (nSPS) is 11.1. The van der Waals surface area contributed by atoms with Gasteiger partial charge in [0.15, 0.2) is 0 Å². The fourth-order valence-electron chi connectivity index (χ4n) is 8.60. The number of ether oxygens (including phenoxy) is 2. The summed E-state index contributed by atoms with van der Waals surface area (Å²) in [5, 5.41) is 30.4. The van der Waals surface area contributed by atoms with Gasteiger partial charge in [0.1, 0.15) is 6.73 Å². The average molecular weight is 965 g/mol. The maximum Gasteiger partial charge on any atom is 1.00 e. The van der Waals surface area contributed by atoms with Crippen LogP contribution in [0.1, 0.15) is 69.2 Å². The summed E-state index contributed by atoms with van der Waals surface area (Å²) in [6.45, 7) is 3.44. The number of carboxylic acids is 2. The Kier molecular flexibility index (Phi) is 18.0. The number of aromatic carboxylic acids is 1. The molecule has 0 radical (unpaired) electrons. The molecule has 0 aliphatic rings. The summed E-state index contributed by atoms with van der Waals surface area (Å²) in [4.78, 5) is 63.5. The molecule has 2 aromatic heterocycles. The van der Waals surface area contributed by atoms with E-state index in [4.69, 9.17) is 19.4 Å². The van der Waals surface area contributed by atoms with Gasteiger partial charge in [0.2, 0.25) is 0 Å². The molecule has 8 rings (SSSR count). The van der Waals surface area contributed by atoms with Crippen molar-refractivity contribution < 1.29 is 69.8 Å². The van der Waals surface area contributed by atoms with Crippen LogP contribution in [-0.2, 0) is 30.3 Å². The van der Waals surface area contributed by atoms with E-state index >= 15 is 0 Å². The molecule has 6 aromatic carbocycles. The van der Waals surface area contributed by atoms with Crippen LogP contribution in [0, 0.1) is 0 Å². The summed E-state index contributed by atoms with van der Waals surface area (Å²) in [5.41, 5.74) is 8.93. The third-order valence-corrected chi connectivity index (χ3v) is 12.0. The molecule has 15 heteroatoms. The predicted molar refractivity (Wildman–Crippen MR) is 278 cm³/mol. The topological polar surface area (TPSA) is 184 Å². The summed E-state index contributed by atoms with van der Waals surface area (Å²) >= 11 is 0. The Morgan fingerprint density at radius 1 is 0.606 bits per heavy atom. The van der Waals surface area contributed by atoms with E-state index in [1.54, 1.807) is 12.1 Å². The van der Waals surface area contributed by atoms with Crippen LogP contribution < -0.4 is 50.0 Å². The molecule has 2 heterocycles. The zero-order valence-electron chi connectivity index (χ0n) is 41.3. The number of hydrogen-bond donors (Lipinski definition) is 4. The van der Waals surface area contributed by atoms with E-state index in [0.29, 0.717) is 56.8 Å². The molecular weight excluding hydrogens is 908 g/mol. The second kappa shape index (κ2) is 24.6. The number of anilines is 6. The molecule has 8 aromatic rings. The Hall–Kier alpha value is -7.10. The van der Waals surface area contributed by atoms with Crippen molar-refractivity contribution in [1.82, 2.24) is 9.97 Å². The summed E-state index contributed by atoms with van der Waals surface area (Å²) in [6.07, 6.45) is 2.58. The third kappa shape index (κ3) is 13.4. The van der Waals surface area contributed by atoms with Crippen LogP contribution >= 0.6 is 0 Å². The zero-order valence-corrected chi connectivity index (χ0v) is 42.3. The number of nitrogens with one attached hydrogen (secondary N) is 2. The van der Waals surface area contributed by atoms with Gasteiger partial charge in [-0.25, -0.2) is 14.8 Å². The van der Waals surface area contributed by atoms with Crippen molar-refractivity contribution in [3.05, 3.63) is 145 Å². The molecule has 0 unspecified atom stereocenters. The summed E-state index contributed by atoms with van der Waals surface area (Å²) < 4.78 is 11.2. The van der Waals surface area contributed by atoms with Gasteiger partial charge in [0, 0.05) is 90.3 Å². The molecule has 0 aliphatic carbocycles. The zero-order chi connectivity index (χ0) is 49.0. The van der Waals surface area contributed by atoms with Crippen molar-refractivity contribution in [1.29, 1.82) is 0 Å². The Balaban J connectivity index is 0.00000423. The monoisotopic (exact) mass is 964 g/mol. The number of nitrogens with zero attached hydrogens (tertiary/aromatic N) is 4. The van der Waals surface area contributed by atoms with Gasteiger partial charge < -0.3 is 41.5 Å². The van der Waals surface area contributed by atoms with E-state index in [0.717, 1.165) is 78.3 Å². The van der Waals surface area contributed by atoms with Gasteiger partial charge in [-0.1, -0.05) is 79.7 Å².